The predicted molar refractivity (Wildman–Crippen MR) is 155 cm³/mol. The number of anilines is 1. The van der Waals surface area contributed by atoms with Gasteiger partial charge in [-0.25, -0.2) is 23.3 Å². The van der Waals surface area contributed by atoms with E-state index in [9.17, 15) is 23.2 Å². The number of carbonyl (C=O) groups is 3. The Morgan fingerprint density at radius 2 is 1.73 bits per heavy atom. The van der Waals surface area contributed by atoms with Crippen LogP contribution >= 0.6 is 0 Å². The molecule has 1 saturated heterocycles. The van der Waals surface area contributed by atoms with Crippen molar-refractivity contribution in [1.82, 2.24) is 15.1 Å². The summed E-state index contributed by atoms with van der Waals surface area (Å²) in [5, 5.41) is 14.2. The average Bonchev–Trinajstić information content (AvgIpc) is 3.45. The van der Waals surface area contributed by atoms with Crippen molar-refractivity contribution in [3.8, 4) is 5.75 Å². The number of aliphatic carboxylic acids is 1. The van der Waals surface area contributed by atoms with E-state index in [0.29, 0.717) is 35.5 Å². The van der Waals surface area contributed by atoms with Crippen molar-refractivity contribution in [3.63, 3.8) is 0 Å². The number of carboxylic acids is 1. The average molecular weight is 609 g/mol. The number of hydrogen-bond donors (Lipinski definition) is 3. The van der Waals surface area contributed by atoms with Crippen molar-refractivity contribution < 1.29 is 37.4 Å². The predicted octanol–water partition coefficient (Wildman–Crippen LogP) is 5.72. The molecule has 2 aliphatic heterocycles. The van der Waals surface area contributed by atoms with Crippen LogP contribution in [-0.2, 0) is 4.79 Å². The number of fused-ring (bicyclic) bond motifs is 1. The van der Waals surface area contributed by atoms with Crippen molar-refractivity contribution in [2.24, 2.45) is 5.92 Å². The molecule has 232 valence electrons. The number of halogens is 2. The van der Waals surface area contributed by atoms with Crippen molar-refractivity contribution >= 4 is 23.7 Å². The maximum Gasteiger partial charge on any atom is 0.330 e. The summed E-state index contributed by atoms with van der Waals surface area (Å²) in [7, 11) is 0. The van der Waals surface area contributed by atoms with E-state index in [1.807, 2.05) is 12.1 Å². The molecule has 1 saturated carbocycles. The van der Waals surface area contributed by atoms with Gasteiger partial charge in [0, 0.05) is 37.2 Å². The topological polar surface area (TPSA) is 124 Å². The number of likely N-dealkylation sites (tertiary alicyclic amines) is 1. The number of nitrogens with zero attached hydrogens (tertiary/aromatic N) is 2. The van der Waals surface area contributed by atoms with Gasteiger partial charge in [-0.15, -0.1) is 0 Å². The quantitative estimate of drug-likeness (QED) is 0.284. The summed E-state index contributed by atoms with van der Waals surface area (Å²) in [4.78, 5) is 40.3. The van der Waals surface area contributed by atoms with E-state index in [0.717, 1.165) is 55.8 Å². The molecule has 2 fully saturated rings. The fraction of sp³-hybridized carbons (Fsp3) is 0.406. The Balaban J connectivity index is 0.980. The number of furan rings is 1. The Morgan fingerprint density at radius 3 is 2.43 bits per heavy atom. The van der Waals surface area contributed by atoms with Crippen LogP contribution in [0, 0.1) is 17.6 Å². The normalized spacial score (nSPS) is 22.1. The molecule has 3 aromatic rings. The first-order chi connectivity index (χ1) is 21.3. The highest BCUT2D eigenvalue weighted by Crippen LogP contribution is 2.40. The highest BCUT2D eigenvalue weighted by Gasteiger charge is 2.40. The first-order valence-electron chi connectivity index (χ1n) is 14.8. The van der Waals surface area contributed by atoms with E-state index in [1.54, 1.807) is 0 Å². The number of hydrogen-bond acceptors (Lipinski definition) is 6. The van der Waals surface area contributed by atoms with Crippen LogP contribution in [-0.4, -0.2) is 65.2 Å². The monoisotopic (exact) mass is 608 g/mol. The van der Waals surface area contributed by atoms with Crippen LogP contribution in [0.4, 0.5) is 24.1 Å². The van der Waals surface area contributed by atoms with Gasteiger partial charge in [-0.1, -0.05) is 18.2 Å². The molecule has 6 rings (SSSR count). The van der Waals surface area contributed by atoms with Gasteiger partial charge in [0.05, 0.1) is 31.0 Å². The smallest absolute Gasteiger partial charge is 0.330 e. The number of rotatable bonds is 9. The van der Waals surface area contributed by atoms with Gasteiger partial charge in [0.25, 0.3) is 0 Å². The van der Waals surface area contributed by atoms with E-state index in [1.165, 1.54) is 24.2 Å². The number of benzene rings is 2. The fourth-order valence-corrected chi connectivity index (χ4v) is 6.49. The van der Waals surface area contributed by atoms with Crippen LogP contribution < -0.4 is 15.4 Å². The second-order valence-electron chi connectivity index (χ2n) is 11.7. The lowest BCUT2D eigenvalue weighted by Crippen LogP contribution is -2.57. The summed E-state index contributed by atoms with van der Waals surface area (Å²) < 4.78 is 38.5. The number of ether oxygens (including phenoxy) is 1. The second kappa shape index (κ2) is 12.7. The van der Waals surface area contributed by atoms with Crippen LogP contribution in [0.25, 0.3) is 0 Å². The lowest BCUT2D eigenvalue weighted by Gasteiger charge is -2.47. The Morgan fingerprint density at radius 1 is 1.00 bits per heavy atom. The second-order valence-corrected chi connectivity index (χ2v) is 11.7. The van der Waals surface area contributed by atoms with Crippen LogP contribution in [0.15, 0.2) is 59.4 Å². The van der Waals surface area contributed by atoms with Crippen molar-refractivity contribution in [2.45, 2.75) is 50.1 Å². The van der Waals surface area contributed by atoms with Crippen LogP contribution in [0.3, 0.4) is 0 Å². The molecule has 1 aliphatic carbocycles. The fourth-order valence-electron chi connectivity index (χ4n) is 6.49. The van der Waals surface area contributed by atoms with Gasteiger partial charge >= 0.3 is 18.0 Å². The molecule has 12 heteroatoms. The third-order valence-corrected chi connectivity index (χ3v) is 8.86. The van der Waals surface area contributed by atoms with E-state index in [-0.39, 0.29) is 24.5 Å². The summed E-state index contributed by atoms with van der Waals surface area (Å²) in [6.07, 6.45) is 7.01. The summed E-state index contributed by atoms with van der Waals surface area (Å²) >= 11 is 0. The molecule has 1 atom stereocenters. The van der Waals surface area contributed by atoms with Crippen LogP contribution in [0.2, 0.25) is 0 Å². The minimum atomic E-state index is -1.07. The lowest BCUT2D eigenvalue weighted by atomic mass is 9.80. The molecule has 0 bridgehead atoms. The lowest BCUT2D eigenvalue weighted by molar-refractivity contribution is -0.137. The Bertz CT molecular complexity index is 1520. The van der Waals surface area contributed by atoms with E-state index in [4.69, 9.17) is 14.3 Å². The van der Waals surface area contributed by atoms with E-state index in [2.05, 4.69) is 27.7 Å². The Labute approximate surface area is 253 Å². The summed E-state index contributed by atoms with van der Waals surface area (Å²) in [5.74, 6) is -1.58. The van der Waals surface area contributed by atoms with Crippen LogP contribution in [0.5, 0.6) is 5.75 Å². The molecule has 4 amide bonds. The molecule has 2 aromatic carbocycles. The van der Waals surface area contributed by atoms with Gasteiger partial charge in [0.15, 0.2) is 11.6 Å². The first kappa shape index (κ1) is 29.6. The van der Waals surface area contributed by atoms with Gasteiger partial charge in [-0.2, -0.15) is 0 Å². The molecular formula is C32H34F2N4O6. The van der Waals surface area contributed by atoms with Gasteiger partial charge in [0.1, 0.15) is 12.0 Å². The molecule has 44 heavy (non-hydrogen) atoms. The Hall–Kier alpha value is -4.45. The third kappa shape index (κ3) is 6.26. The van der Waals surface area contributed by atoms with Gasteiger partial charge in [0.2, 0.25) is 0 Å². The van der Waals surface area contributed by atoms with Crippen LogP contribution in [0.1, 0.15) is 60.8 Å². The zero-order valence-electron chi connectivity index (χ0n) is 24.0. The molecule has 10 nitrogen and oxygen atoms in total. The molecular weight excluding hydrogens is 574 g/mol. The third-order valence-electron chi connectivity index (χ3n) is 8.86. The first-order valence-corrected chi connectivity index (χ1v) is 14.8. The number of amides is 4. The zero-order chi connectivity index (χ0) is 30.8. The molecule has 0 unspecified atom stereocenters. The number of nitrogens with one attached hydrogen (secondary N) is 2. The standard InChI is InChI=1S/C32H34F2N4O6/c33-26-10-5-22(13-27(26)34)30-25-17-43-18-28(25)36-32(42)38(30)31(41)35-14-19-15-37(16-19)23-6-1-20(2-7-23)21-3-8-24(9-4-21)44-12-11-29(39)40/h3-5,8-10,13,17-20,23,30H,1-2,6-7,11-12,14-16H2,(H,35,41)(H,36,42)(H,39,40)/t20?,23?,30-/m0/s1. The van der Waals surface area contributed by atoms with Gasteiger partial charge in [-0.05, 0) is 67.0 Å². The minimum absolute atomic E-state index is 0.0295. The molecule has 0 spiro atoms. The van der Waals surface area contributed by atoms with E-state index >= 15 is 0 Å². The van der Waals surface area contributed by atoms with Crippen molar-refractivity contribution in [2.75, 3.05) is 31.6 Å². The van der Waals surface area contributed by atoms with E-state index < -0.39 is 35.7 Å². The number of urea groups is 2. The summed E-state index contributed by atoms with van der Waals surface area (Å²) in [6, 6.07) is 9.46. The highest BCUT2D eigenvalue weighted by molar-refractivity contribution is 6.03. The number of carboxylic acid groups (broad SMARTS) is 1. The zero-order valence-corrected chi connectivity index (χ0v) is 24.0. The van der Waals surface area contributed by atoms with Gasteiger partial charge in [-0.3, -0.25) is 9.69 Å². The highest BCUT2D eigenvalue weighted by atomic mass is 19.2. The molecule has 0 radical (unpaired) electrons. The molecule has 1 aromatic heterocycles. The Kier molecular flexibility index (Phi) is 8.51. The SMILES string of the molecule is O=C(O)CCOc1ccc(C2CCC(N3CC(CNC(=O)N4C(=O)Nc5cocc5[C@@H]4c4ccc(F)c(F)c4)C3)CC2)cc1. The summed E-state index contributed by atoms with van der Waals surface area (Å²) in [5.41, 5.74) is 2.36. The van der Waals surface area contributed by atoms with Crippen molar-refractivity contribution in [1.29, 1.82) is 0 Å². The number of carbonyl (C=O) groups excluding carboxylic acids is 2. The minimum Gasteiger partial charge on any atom is -0.493 e. The largest absolute Gasteiger partial charge is 0.493 e. The molecule has 3 N–H and O–H groups in total. The maximum absolute atomic E-state index is 14.1. The van der Waals surface area contributed by atoms with Gasteiger partial charge < -0.3 is 24.9 Å². The number of imide groups is 1. The maximum atomic E-state index is 14.1. The molecule has 3 heterocycles. The molecule has 3 aliphatic rings. The van der Waals surface area contributed by atoms with Crippen molar-refractivity contribution in [3.05, 3.63) is 83.3 Å². The summed E-state index contributed by atoms with van der Waals surface area (Å²) in [6.45, 7) is 2.24.